The van der Waals surface area contributed by atoms with E-state index >= 15 is 0 Å². The lowest BCUT2D eigenvalue weighted by Gasteiger charge is -2.05. The topological polar surface area (TPSA) is 74.8 Å². The van der Waals surface area contributed by atoms with E-state index in [9.17, 15) is 9.59 Å². The Balaban J connectivity index is 2.24. The molecule has 0 radical (unpaired) electrons. The largest absolute Gasteiger partial charge is 0.367 e. The summed E-state index contributed by atoms with van der Waals surface area (Å²) in [5.41, 5.74) is 1.19. The Morgan fingerprint density at radius 1 is 1.50 bits per heavy atom. The van der Waals surface area contributed by atoms with Crippen LogP contribution in [0.15, 0.2) is 40.1 Å². The van der Waals surface area contributed by atoms with Gasteiger partial charge in [0.05, 0.1) is 11.9 Å². The number of H-pyrrole nitrogens is 1. The molecule has 6 heteroatoms. The van der Waals surface area contributed by atoms with Crippen LogP contribution in [0.1, 0.15) is 15.9 Å². The molecule has 18 heavy (non-hydrogen) atoms. The highest BCUT2D eigenvalue weighted by molar-refractivity contribution is 9.10. The van der Waals surface area contributed by atoms with Crippen LogP contribution in [0.25, 0.3) is 0 Å². The van der Waals surface area contributed by atoms with Crippen LogP contribution in [0.3, 0.4) is 0 Å². The smallest absolute Gasteiger partial charge is 0.261 e. The van der Waals surface area contributed by atoms with Crippen molar-refractivity contribution in [2.45, 2.75) is 6.92 Å². The predicted octanol–water partition coefficient (Wildman–Crippen LogP) is 2.09. The molecule has 0 saturated heterocycles. The second kappa shape index (κ2) is 5.14. The van der Waals surface area contributed by atoms with Gasteiger partial charge in [-0.1, -0.05) is 0 Å². The van der Waals surface area contributed by atoms with Crippen LogP contribution in [-0.4, -0.2) is 15.9 Å². The van der Waals surface area contributed by atoms with Crippen molar-refractivity contribution in [3.63, 3.8) is 0 Å². The summed E-state index contributed by atoms with van der Waals surface area (Å²) in [6.07, 6.45) is 4.37. The maximum absolute atomic E-state index is 11.9. The monoisotopic (exact) mass is 307 g/mol. The van der Waals surface area contributed by atoms with Gasteiger partial charge in [0, 0.05) is 18.5 Å². The maximum atomic E-state index is 11.9. The first-order valence-corrected chi connectivity index (χ1v) is 5.98. The summed E-state index contributed by atoms with van der Waals surface area (Å²) in [6, 6.07) is 3.08. The highest BCUT2D eigenvalue weighted by Gasteiger charge is 2.10. The first-order valence-electron chi connectivity index (χ1n) is 5.18. The molecule has 2 rings (SSSR count). The molecule has 0 atom stereocenters. The van der Waals surface area contributed by atoms with Gasteiger partial charge in [0.2, 0.25) is 0 Å². The van der Waals surface area contributed by atoms with E-state index in [2.05, 4.69) is 31.2 Å². The molecular weight excluding hydrogens is 298 g/mol. The number of aromatic amines is 1. The van der Waals surface area contributed by atoms with E-state index < -0.39 is 5.91 Å². The standard InChI is InChI=1S/C12H10BrN3O2/c1-7-4-8(5-15-11(7)13)16-12(18)9-6-14-3-2-10(9)17/h2-6H,1H3,(H,14,17)(H,16,18). The first kappa shape index (κ1) is 12.5. The predicted molar refractivity (Wildman–Crippen MR) is 71.7 cm³/mol. The summed E-state index contributed by atoms with van der Waals surface area (Å²) in [7, 11) is 0. The molecule has 5 nitrogen and oxygen atoms in total. The fourth-order valence-corrected chi connectivity index (χ4v) is 1.64. The lowest BCUT2D eigenvalue weighted by molar-refractivity contribution is 0.102. The number of carbonyl (C=O) groups is 1. The van der Waals surface area contributed by atoms with E-state index in [-0.39, 0.29) is 11.0 Å². The van der Waals surface area contributed by atoms with Crippen molar-refractivity contribution in [3.8, 4) is 0 Å². The number of aromatic nitrogens is 2. The quantitative estimate of drug-likeness (QED) is 0.834. The van der Waals surface area contributed by atoms with Crippen LogP contribution in [0, 0.1) is 6.92 Å². The number of anilines is 1. The molecule has 0 bridgehead atoms. The Labute approximate surface area is 111 Å². The van der Waals surface area contributed by atoms with Crippen molar-refractivity contribution in [2.75, 3.05) is 5.32 Å². The van der Waals surface area contributed by atoms with Gasteiger partial charge < -0.3 is 10.3 Å². The van der Waals surface area contributed by atoms with Crippen molar-refractivity contribution in [3.05, 3.63) is 56.7 Å². The summed E-state index contributed by atoms with van der Waals surface area (Å²) in [5.74, 6) is -0.458. The molecule has 0 aromatic carbocycles. The van der Waals surface area contributed by atoms with Crippen LogP contribution in [-0.2, 0) is 0 Å². The minimum absolute atomic E-state index is 0.0677. The average Bonchev–Trinajstić information content (AvgIpc) is 2.34. The van der Waals surface area contributed by atoms with E-state index in [0.717, 1.165) is 10.2 Å². The van der Waals surface area contributed by atoms with Crippen molar-refractivity contribution in [1.29, 1.82) is 0 Å². The number of amides is 1. The van der Waals surface area contributed by atoms with Gasteiger partial charge in [-0.2, -0.15) is 0 Å². The van der Waals surface area contributed by atoms with E-state index in [1.54, 1.807) is 6.07 Å². The highest BCUT2D eigenvalue weighted by Crippen LogP contribution is 2.16. The zero-order valence-electron chi connectivity index (χ0n) is 9.53. The minimum atomic E-state index is -0.458. The van der Waals surface area contributed by atoms with Crippen molar-refractivity contribution in [2.24, 2.45) is 0 Å². The number of hydrogen-bond acceptors (Lipinski definition) is 3. The van der Waals surface area contributed by atoms with Crippen molar-refractivity contribution < 1.29 is 4.79 Å². The molecule has 0 aliphatic carbocycles. The van der Waals surface area contributed by atoms with Gasteiger partial charge >= 0.3 is 0 Å². The van der Waals surface area contributed by atoms with Crippen molar-refractivity contribution in [1.82, 2.24) is 9.97 Å². The lowest BCUT2D eigenvalue weighted by atomic mass is 10.2. The summed E-state index contributed by atoms with van der Waals surface area (Å²) >= 11 is 3.27. The zero-order valence-corrected chi connectivity index (χ0v) is 11.1. The van der Waals surface area contributed by atoms with Gasteiger partial charge in [-0.15, -0.1) is 0 Å². The number of nitrogens with zero attached hydrogens (tertiary/aromatic N) is 1. The average molecular weight is 308 g/mol. The number of nitrogens with one attached hydrogen (secondary N) is 2. The van der Waals surface area contributed by atoms with E-state index in [4.69, 9.17) is 0 Å². The lowest BCUT2D eigenvalue weighted by Crippen LogP contribution is -2.20. The van der Waals surface area contributed by atoms with E-state index in [1.165, 1.54) is 24.7 Å². The third kappa shape index (κ3) is 2.65. The molecule has 0 saturated carbocycles. The van der Waals surface area contributed by atoms with Gasteiger partial charge in [0.25, 0.3) is 5.91 Å². The van der Waals surface area contributed by atoms with Gasteiger partial charge in [0.15, 0.2) is 5.43 Å². The molecule has 0 unspecified atom stereocenters. The zero-order chi connectivity index (χ0) is 13.1. The summed E-state index contributed by atoms with van der Waals surface area (Å²) < 4.78 is 0.720. The van der Waals surface area contributed by atoms with Gasteiger partial charge in [-0.3, -0.25) is 9.59 Å². The second-order valence-electron chi connectivity index (χ2n) is 3.71. The fourth-order valence-electron chi connectivity index (χ4n) is 1.42. The highest BCUT2D eigenvalue weighted by atomic mass is 79.9. The Bertz CT molecular complexity index is 652. The summed E-state index contributed by atoms with van der Waals surface area (Å²) in [4.78, 5) is 30.1. The third-order valence-corrected chi connectivity index (χ3v) is 3.17. The molecule has 92 valence electrons. The van der Waals surface area contributed by atoms with Crippen molar-refractivity contribution >= 4 is 27.5 Å². The molecule has 0 spiro atoms. The number of pyridine rings is 2. The van der Waals surface area contributed by atoms with Gasteiger partial charge in [-0.25, -0.2) is 4.98 Å². The SMILES string of the molecule is Cc1cc(NC(=O)c2c[nH]ccc2=O)cnc1Br. The number of hydrogen-bond donors (Lipinski definition) is 2. The molecular formula is C12H10BrN3O2. The summed E-state index contributed by atoms with van der Waals surface area (Å²) in [6.45, 7) is 1.86. The Hall–Kier alpha value is -1.95. The molecule has 0 aliphatic heterocycles. The maximum Gasteiger partial charge on any atom is 0.261 e. The van der Waals surface area contributed by atoms with Crippen LogP contribution in [0.5, 0.6) is 0 Å². The molecule has 0 fully saturated rings. The molecule has 2 aromatic heterocycles. The molecule has 2 N–H and O–H groups in total. The number of halogens is 1. The minimum Gasteiger partial charge on any atom is -0.367 e. The number of aryl methyl sites for hydroxylation is 1. The third-order valence-electron chi connectivity index (χ3n) is 2.34. The van der Waals surface area contributed by atoms with E-state index in [1.807, 2.05) is 6.92 Å². The normalized spacial score (nSPS) is 10.1. The van der Waals surface area contributed by atoms with Crippen LogP contribution in [0.4, 0.5) is 5.69 Å². The van der Waals surface area contributed by atoms with Crippen LogP contribution in [0.2, 0.25) is 0 Å². The molecule has 2 aromatic rings. The molecule has 2 heterocycles. The van der Waals surface area contributed by atoms with Crippen LogP contribution >= 0.6 is 15.9 Å². The van der Waals surface area contributed by atoms with E-state index in [0.29, 0.717) is 5.69 Å². The summed E-state index contributed by atoms with van der Waals surface area (Å²) in [5, 5.41) is 2.62. The first-order chi connectivity index (χ1) is 8.58. The van der Waals surface area contributed by atoms with Crippen LogP contribution < -0.4 is 10.7 Å². The number of rotatable bonds is 2. The molecule has 1 amide bonds. The van der Waals surface area contributed by atoms with Gasteiger partial charge in [0.1, 0.15) is 10.2 Å². The second-order valence-corrected chi connectivity index (χ2v) is 4.46. The Morgan fingerprint density at radius 3 is 2.94 bits per heavy atom. The Kier molecular flexibility index (Phi) is 3.57. The van der Waals surface area contributed by atoms with Gasteiger partial charge in [-0.05, 0) is 34.5 Å². The number of carbonyl (C=O) groups excluding carboxylic acids is 1. The molecule has 0 aliphatic rings. The Morgan fingerprint density at radius 2 is 2.28 bits per heavy atom. The fraction of sp³-hybridized carbons (Fsp3) is 0.0833.